The van der Waals surface area contributed by atoms with Gasteiger partial charge in [0.15, 0.2) is 0 Å². The third-order valence-electron chi connectivity index (χ3n) is 2.53. The van der Waals surface area contributed by atoms with Crippen molar-refractivity contribution < 1.29 is 9.53 Å². The molecule has 0 saturated heterocycles. The first kappa shape index (κ1) is 15.4. The predicted molar refractivity (Wildman–Crippen MR) is 77.2 cm³/mol. The Kier molecular flexibility index (Phi) is 6.85. The van der Waals surface area contributed by atoms with Gasteiger partial charge >= 0.3 is 0 Å². The van der Waals surface area contributed by atoms with E-state index < -0.39 is 0 Å². The van der Waals surface area contributed by atoms with Crippen LogP contribution in [0, 0.1) is 0 Å². The zero-order valence-electron chi connectivity index (χ0n) is 11.4. The van der Waals surface area contributed by atoms with E-state index in [-0.39, 0.29) is 5.91 Å². The number of ether oxygens (including phenoxy) is 1. The van der Waals surface area contributed by atoms with Gasteiger partial charge in [-0.05, 0) is 37.6 Å². The molecule has 1 aromatic rings. The molecular formula is C15H22N2O2. The van der Waals surface area contributed by atoms with Gasteiger partial charge in [0.2, 0.25) is 0 Å². The van der Waals surface area contributed by atoms with E-state index in [2.05, 4.69) is 11.9 Å². The van der Waals surface area contributed by atoms with Gasteiger partial charge in [0, 0.05) is 12.1 Å². The number of carbonyl (C=O) groups is 1. The Bertz CT molecular complexity index is 413. The molecule has 1 rings (SSSR count). The lowest BCUT2D eigenvalue weighted by atomic mass is 10.1. The highest BCUT2D eigenvalue weighted by Crippen LogP contribution is 2.04. The molecule has 4 heteroatoms. The summed E-state index contributed by atoms with van der Waals surface area (Å²) in [6, 6.07) is 7.49. The second-order valence-electron chi connectivity index (χ2n) is 4.50. The summed E-state index contributed by atoms with van der Waals surface area (Å²) >= 11 is 0. The van der Waals surface area contributed by atoms with Gasteiger partial charge in [-0.25, -0.2) is 0 Å². The molecule has 0 heterocycles. The van der Waals surface area contributed by atoms with E-state index in [0.717, 1.165) is 17.6 Å². The first-order valence-corrected chi connectivity index (χ1v) is 6.43. The maximum absolute atomic E-state index is 11.8. The van der Waals surface area contributed by atoms with Crippen molar-refractivity contribution in [2.45, 2.75) is 13.3 Å². The second-order valence-corrected chi connectivity index (χ2v) is 4.50. The summed E-state index contributed by atoms with van der Waals surface area (Å²) in [5.41, 5.74) is 8.24. The summed E-state index contributed by atoms with van der Waals surface area (Å²) in [4.78, 5) is 11.8. The summed E-state index contributed by atoms with van der Waals surface area (Å²) in [7, 11) is 0. The topological polar surface area (TPSA) is 64.3 Å². The SMILES string of the molecule is C=C(C)COCCNC(=O)c1ccc(CCN)cc1. The van der Waals surface area contributed by atoms with Gasteiger partial charge < -0.3 is 15.8 Å². The maximum atomic E-state index is 11.8. The molecule has 0 fully saturated rings. The number of hydrogen-bond acceptors (Lipinski definition) is 3. The van der Waals surface area contributed by atoms with E-state index in [1.807, 2.05) is 31.2 Å². The average molecular weight is 262 g/mol. The summed E-state index contributed by atoms with van der Waals surface area (Å²) in [6.07, 6.45) is 0.830. The molecule has 104 valence electrons. The minimum absolute atomic E-state index is 0.0850. The summed E-state index contributed by atoms with van der Waals surface area (Å²) < 4.78 is 5.30. The van der Waals surface area contributed by atoms with Crippen LogP contribution >= 0.6 is 0 Å². The van der Waals surface area contributed by atoms with Crippen molar-refractivity contribution >= 4 is 5.91 Å². The molecule has 0 saturated carbocycles. The minimum Gasteiger partial charge on any atom is -0.375 e. The van der Waals surface area contributed by atoms with Crippen LogP contribution in [0.5, 0.6) is 0 Å². The Labute approximate surface area is 114 Å². The first-order chi connectivity index (χ1) is 9.13. The molecule has 0 radical (unpaired) electrons. The first-order valence-electron chi connectivity index (χ1n) is 6.43. The quantitative estimate of drug-likeness (QED) is 0.551. The molecule has 0 bridgehead atoms. The summed E-state index contributed by atoms with van der Waals surface area (Å²) in [5, 5.41) is 2.81. The van der Waals surface area contributed by atoms with Crippen molar-refractivity contribution in [2.75, 3.05) is 26.3 Å². The monoisotopic (exact) mass is 262 g/mol. The van der Waals surface area contributed by atoms with E-state index in [9.17, 15) is 4.79 Å². The van der Waals surface area contributed by atoms with Gasteiger partial charge in [-0.3, -0.25) is 4.79 Å². The molecule has 1 amide bonds. The smallest absolute Gasteiger partial charge is 0.251 e. The third-order valence-corrected chi connectivity index (χ3v) is 2.53. The van der Waals surface area contributed by atoms with Crippen LogP contribution in [0.4, 0.5) is 0 Å². The number of amides is 1. The molecule has 0 atom stereocenters. The maximum Gasteiger partial charge on any atom is 0.251 e. The van der Waals surface area contributed by atoms with Gasteiger partial charge in [-0.15, -0.1) is 0 Å². The molecule has 4 nitrogen and oxygen atoms in total. The fourth-order valence-corrected chi connectivity index (χ4v) is 1.57. The molecule has 1 aromatic carbocycles. The van der Waals surface area contributed by atoms with Crippen LogP contribution < -0.4 is 11.1 Å². The zero-order chi connectivity index (χ0) is 14.1. The standard InChI is InChI=1S/C15H22N2O2/c1-12(2)11-19-10-9-17-15(18)14-5-3-13(4-6-14)7-8-16/h3-6H,1,7-11,16H2,2H3,(H,17,18). The van der Waals surface area contributed by atoms with E-state index in [1.165, 1.54) is 0 Å². The molecule has 0 aliphatic rings. The zero-order valence-corrected chi connectivity index (χ0v) is 11.4. The van der Waals surface area contributed by atoms with Crippen molar-refractivity contribution in [3.05, 3.63) is 47.5 Å². The van der Waals surface area contributed by atoms with Crippen molar-refractivity contribution in [3.8, 4) is 0 Å². The Morgan fingerprint density at radius 3 is 2.63 bits per heavy atom. The highest BCUT2D eigenvalue weighted by Gasteiger charge is 2.04. The number of benzene rings is 1. The van der Waals surface area contributed by atoms with Gasteiger partial charge in [0.05, 0.1) is 13.2 Å². The summed E-state index contributed by atoms with van der Waals surface area (Å²) in [5.74, 6) is -0.0850. The van der Waals surface area contributed by atoms with Crippen molar-refractivity contribution in [1.82, 2.24) is 5.32 Å². The summed E-state index contributed by atoms with van der Waals surface area (Å²) in [6.45, 7) is 7.78. The van der Waals surface area contributed by atoms with Crippen LogP contribution in [0.2, 0.25) is 0 Å². The van der Waals surface area contributed by atoms with E-state index in [1.54, 1.807) is 0 Å². The third kappa shape index (κ3) is 6.18. The van der Waals surface area contributed by atoms with Crippen LogP contribution in [-0.2, 0) is 11.2 Å². The van der Waals surface area contributed by atoms with Crippen molar-refractivity contribution in [1.29, 1.82) is 0 Å². The predicted octanol–water partition coefficient (Wildman–Crippen LogP) is 1.51. The van der Waals surface area contributed by atoms with Crippen LogP contribution in [0.3, 0.4) is 0 Å². The minimum atomic E-state index is -0.0850. The normalized spacial score (nSPS) is 10.2. The average Bonchev–Trinajstić information content (AvgIpc) is 2.39. The fraction of sp³-hybridized carbons (Fsp3) is 0.400. The van der Waals surface area contributed by atoms with E-state index in [4.69, 9.17) is 10.5 Å². The largest absolute Gasteiger partial charge is 0.375 e. The van der Waals surface area contributed by atoms with Gasteiger partial charge in [0.25, 0.3) is 5.91 Å². The Hall–Kier alpha value is -1.65. The molecule has 0 spiro atoms. The molecule has 0 aliphatic carbocycles. The number of rotatable bonds is 8. The van der Waals surface area contributed by atoms with E-state index >= 15 is 0 Å². The van der Waals surface area contributed by atoms with Crippen LogP contribution in [0.25, 0.3) is 0 Å². The Balaban J connectivity index is 2.30. The molecule has 19 heavy (non-hydrogen) atoms. The second kappa shape index (κ2) is 8.45. The molecule has 0 unspecified atom stereocenters. The fourth-order valence-electron chi connectivity index (χ4n) is 1.57. The van der Waals surface area contributed by atoms with Crippen LogP contribution in [-0.4, -0.2) is 32.2 Å². The Morgan fingerprint density at radius 2 is 2.05 bits per heavy atom. The van der Waals surface area contributed by atoms with Gasteiger partial charge in [-0.1, -0.05) is 24.3 Å². The lowest BCUT2D eigenvalue weighted by molar-refractivity contribution is 0.0927. The van der Waals surface area contributed by atoms with Crippen molar-refractivity contribution in [2.24, 2.45) is 5.73 Å². The Morgan fingerprint density at radius 1 is 1.37 bits per heavy atom. The van der Waals surface area contributed by atoms with Gasteiger partial charge in [0.1, 0.15) is 0 Å². The number of nitrogens with one attached hydrogen (secondary N) is 1. The highest BCUT2D eigenvalue weighted by molar-refractivity contribution is 5.94. The number of hydrogen-bond donors (Lipinski definition) is 2. The number of carbonyl (C=O) groups excluding carboxylic acids is 1. The molecule has 3 N–H and O–H groups in total. The van der Waals surface area contributed by atoms with Crippen LogP contribution in [0.15, 0.2) is 36.4 Å². The molecule has 0 aromatic heterocycles. The van der Waals surface area contributed by atoms with Crippen molar-refractivity contribution in [3.63, 3.8) is 0 Å². The highest BCUT2D eigenvalue weighted by atomic mass is 16.5. The van der Waals surface area contributed by atoms with E-state index in [0.29, 0.717) is 31.9 Å². The lowest BCUT2D eigenvalue weighted by Gasteiger charge is -2.07. The van der Waals surface area contributed by atoms with Gasteiger partial charge in [-0.2, -0.15) is 0 Å². The lowest BCUT2D eigenvalue weighted by Crippen LogP contribution is -2.27. The number of nitrogens with two attached hydrogens (primary N) is 1. The van der Waals surface area contributed by atoms with Crippen LogP contribution in [0.1, 0.15) is 22.8 Å². The molecular weight excluding hydrogens is 240 g/mol. The molecule has 0 aliphatic heterocycles.